The first-order valence-electron chi connectivity index (χ1n) is 9.29. The number of aromatic carboxylic acids is 1. The van der Waals surface area contributed by atoms with Crippen LogP contribution >= 0.6 is 0 Å². The molecule has 0 atom stereocenters. The van der Waals surface area contributed by atoms with Crippen LogP contribution in [-0.4, -0.2) is 54.2 Å². The van der Waals surface area contributed by atoms with Crippen molar-refractivity contribution in [3.63, 3.8) is 0 Å². The molecule has 0 saturated carbocycles. The summed E-state index contributed by atoms with van der Waals surface area (Å²) < 4.78 is 5.27. The molecular weight excluding hydrogens is 374 g/mol. The smallest absolute Gasteiger partial charge is 0.335 e. The number of amides is 3. The van der Waals surface area contributed by atoms with Crippen molar-refractivity contribution >= 4 is 23.6 Å². The molecule has 1 aliphatic rings. The van der Waals surface area contributed by atoms with E-state index in [1.165, 1.54) is 12.1 Å². The van der Waals surface area contributed by atoms with Crippen LogP contribution in [0.2, 0.25) is 0 Å². The second kappa shape index (κ2) is 9.20. The molecule has 0 aromatic heterocycles. The summed E-state index contributed by atoms with van der Waals surface area (Å²) in [6, 6.07) is 11.1. The Bertz CT molecular complexity index is 905. The fraction of sp³-hybridized carbons (Fsp3) is 0.286. The number of rotatable bonds is 5. The second-order valence-electron chi connectivity index (χ2n) is 6.74. The van der Waals surface area contributed by atoms with Gasteiger partial charge in [0.1, 0.15) is 0 Å². The summed E-state index contributed by atoms with van der Waals surface area (Å²) in [6.45, 7) is 4.34. The van der Waals surface area contributed by atoms with Crippen LogP contribution in [0.25, 0.3) is 0 Å². The van der Waals surface area contributed by atoms with E-state index in [4.69, 9.17) is 9.84 Å². The maximum Gasteiger partial charge on any atom is 0.335 e. The zero-order valence-corrected chi connectivity index (χ0v) is 16.1. The number of nitrogens with one attached hydrogen (secondary N) is 2. The topological polar surface area (TPSA) is 108 Å². The summed E-state index contributed by atoms with van der Waals surface area (Å²) in [6.07, 6.45) is 0. The number of morpholine rings is 1. The molecular formula is C21H23N3O5. The van der Waals surface area contributed by atoms with E-state index in [1.54, 1.807) is 35.2 Å². The van der Waals surface area contributed by atoms with Crippen molar-refractivity contribution in [2.24, 2.45) is 0 Å². The summed E-state index contributed by atoms with van der Waals surface area (Å²) >= 11 is 0. The van der Waals surface area contributed by atoms with Crippen molar-refractivity contribution in [1.82, 2.24) is 10.2 Å². The van der Waals surface area contributed by atoms with Crippen LogP contribution in [0.5, 0.6) is 0 Å². The van der Waals surface area contributed by atoms with Crippen LogP contribution < -0.4 is 10.6 Å². The van der Waals surface area contributed by atoms with E-state index in [0.29, 0.717) is 37.6 Å². The molecule has 29 heavy (non-hydrogen) atoms. The number of ether oxygens (including phenoxy) is 1. The van der Waals surface area contributed by atoms with Gasteiger partial charge in [0.05, 0.1) is 18.8 Å². The quantitative estimate of drug-likeness (QED) is 0.718. The molecule has 8 heteroatoms. The van der Waals surface area contributed by atoms with E-state index < -0.39 is 5.97 Å². The van der Waals surface area contributed by atoms with E-state index in [-0.39, 0.29) is 24.0 Å². The summed E-state index contributed by atoms with van der Waals surface area (Å²) in [4.78, 5) is 37.3. The Morgan fingerprint density at radius 3 is 2.31 bits per heavy atom. The first-order valence-corrected chi connectivity index (χ1v) is 9.29. The fourth-order valence-corrected chi connectivity index (χ4v) is 3.00. The number of carbonyl (C=O) groups is 3. The van der Waals surface area contributed by atoms with Gasteiger partial charge in [-0.25, -0.2) is 9.59 Å². The summed E-state index contributed by atoms with van der Waals surface area (Å²) in [5, 5.41) is 14.4. The highest BCUT2D eigenvalue weighted by Crippen LogP contribution is 2.18. The lowest BCUT2D eigenvalue weighted by Gasteiger charge is -2.27. The molecule has 2 aromatic rings. The third-order valence-electron chi connectivity index (χ3n) is 4.67. The average molecular weight is 397 g/mol. The average Bonchev–Trinajstić information content (AvgIpc) is 2.74. The van der Waals surface area contributed by atoms with Gasteiger partial charge in [-0.05, 0) is 48.4 Å². The van der Waals surface area contributed by atoms with Gasteiger partial charge in [-0.2, -0.15) is 0 Å². The maximum absolute atomic E-state index is 12.5. The van der Waals surface area contributed by atoms with Crippen LogP contribution in [0.4, 0.5) is 10.5 Å². The zero-order chi connectivity index (χ0) is 20.8. The number of hydrogen-bond acceptors (Lipinski definition) is 4. The van der Waals surface area contributed by atoms with Gasteiger partial charge < -0.3 is 25.4 Å². The molecule has 0 spiro atoms. The van der Waals surface area contributed by atoms with Crippen LogP contribution in [0.1, 0.15) is 31.8 Å². The minimum Gasteiger partial charge on any atom is -0.478 e. The van der Waals surface area contributed by atoms with Crippen LogP contribution in [0.3, 0.4) is 0 Å². The largest absolute Gasteiger partial charge is 0.478 e. The van der Waals surface area contributed by atoms with Gasteiger partial charge in [-0.3, -0.25) is 4.79 Å². The van der Waals surface area contributed by atoms with Crippen LogP contribution in [0, 0.1) is 6.92 Å². The van der Waals surface area contributed by atoms with E-state index >= 15 is 0 Å². The van der Waals surface area contributed by atoms with E-state index in [0.717, 1.165) is 11.1 Å². The number of nitrogens with zero attached hydrogens (tertiary/aromatic N) is 1. The molecule has 1 aliphatic heterocycles. The molecule has 0 aliphatic carbocycles. The molecule has 1 heterocycles. The first-order chi connectivity index (χ1) is 13.9. The molecule has 0 unspecified atom stereocenters. The Hall–Kier alpha value is -3.39. The molecule has 3 rings (SSSR count). The SMILES string of the molecule is Cc1cc(C(=O)N2CCOCC2)ccc1NC(=O)NCc1ccc(C(=O)O)cc1. The maximum atomic E-state index is 12.5. The standard InChI is InChI=1S/C21H23N3O5/c1-14-12-17(19(25)24-8-10-29-11-9-24)6-7-18(14)23-21(28)22-13-15-2-4-16(5-3-15)20(26)27/h2-7,12H,8-11,13H2,1H3,(H,26,27)(H2,22,23,28). The van der Waals surface area contributed by atoms with Crippen molar-refractivity contribution in [1.29, 1.82) is 0 Å². The second-order valence-corrected chi connectivity index (χ2v) is 6.74. The first kappa shape index (κ1) is 20.3. The highest BCUT2D eigenvalue weighted by molar-refractivity contribution is 5.96. The lowest BCUT2D eigenvalue weighted by molar-refractivity contribution is 0.0303. The Kier molecular flexibility index (Phi) is 6.46. The van der Waals surface area contributed by atoms with Crippen molar-refractivity contribution in [2.45, 2.75) is 13.5 Å². The molecule has 8 nitrogen and oxygen atoms in total. The summed E-state index contributed by atoms with van der Waals surface area (Å²) in [5.41, 5.74) is 2.95. The summed E-state index contributed by atoms with van der Waals surface area (Å²) in [7, 11) is 0. The number of carboxylic acids is 1. The van der Waals surface area contributed by atoms with Crippen LogP contribution in [0.15, 0.2) is 42.5 Å². The molecule has 1 saturated heterocycles. The van der Waals surface area contributed by atoms with Crippen molar-refractivity contribution in [3.05, 3.63) is 64.7 Å². The molecule has 3 N–H and O–H groups in total. The molecule has 2 aromatic carbocycles. The van der Waals surface area contributed by atoms with Gasteiger partial charge in [-0.15, -0.1) is 0 Å². The van der Waals surface area contributed by atoms with Gasteiger partial charge in [0.15, 0.2) is 0 Å². The van der Waals surface area contributed by atoms with E-state index in [2.05, 4.69) is 10.6 Å². The third kappa shape index (κ3) is 5.32. The Morgan fingerprint density at radius 2 is 1.69 bits per heavy atom. The van der Waals surface area contributed by atoms with Crippen molar-refractivity contribution in [2.75, 3.05) is 31.6 Å². The molecule has 3 amide bonds. The van der Waals surface area contributed by atoms with E-state index in [1.807, 2.05) is 6.92 Å². The number of anilines is 1. The van der Waals surface area contributed by atoms with Crippen molar-refractivity contribution in [3.8, 4) is 0 Å². The number of benzene rings is 2. The lowest BCUT2D eigenvalue weighted by Crippen LogP contribution is -2.40. The fourth-order valence-electron chi connectivity index (χ4n) is 3.00. The van der Waals surface area contributed by atoms with Gasteiger partial charge in [-0.1, -0.05) is 12.1 Å². The zero-order valence-electron chi connectivity index (χ0n) is 16.1. The van der Waals surface area contributed by atoms with Crippen molar-refractivity contribution < 1.29 is 24.2 Å². The minimum absolute atomic E-state index is 0.0443. The van der Waals surface area contributed by atoms with Gasteiger partial charge >= 0.3 is 12.0 Å². The lowest BCUT2D eigenvalue weighted by atomic mass is 10.1. The predicted octanol–water partition coefficient (Wildman–Crippen LogP) is 2.49. The number of hydrogen-bond donors (Lipinski definition) is 3. The number of carboxylic acid groups (broad SMARTS) is 1. The third-order valence-corrected chi connectivity index (χ3v) is 4.67. The highest BCUT2D eigenvalue weighted by atomic mass is 16.5. The van der Waals surface area contributed by atoms with Gasteiger partial charge in [0, 0.05) is 30.9 Å². The number of aryl methyl sites for hydroxylation is 1. The Labute approximate surface area is 168 Å². The monoisotopic (exact) mass is 397 g/mol. The Morgan fingerprint density at radius 1 is 1.03 bits per heavy atom. The van der Waals surface area contributed by atoms with E-state index in [9.17, 15) is 14.4 Å². The number of carbonyl (C=O) groups excluding carboxylic acids is 2. The van der Waals surface area contributed by atoms with Crippen LogP contribution in [-0.2, 0) is 11.3 Å². The number of urea groups is 1. The highest BCUT2D eigenvalue weighted by Gasteiger charge is 2.19. The molecule has 152 valence electrons. The van der Waals surface area contributed by atoms with Gasteiger partial charge in [0.25, 0.3) is 5.91 Å². The minimum atomic E-state index is -0.992. The molecule has 0 radical (unpaired) electrons. The summed E-state index contributed by atoms with van der Waals surface area (Å²) in [5.74, 6) is -1.04. The normalized spacial score (nSPS) is 13.6. The molecule has 1 fully saturated rings. The predicted molar refractivity (Wildman–Crippen MR) is 107 cm³/mol. The molecule has 0 bridgehead atoms. The van der Waals surface area contributed by atoms with Gasteiger partial charge in [0.2, 0.25) is 0 Å². The Balaban J connectivity index is 1.56.